The average Bonchev–Trinajstić information content (AvgIpc) is 3.18. The molecule has 5 aromatic rings. The Bertz CT molecular complexity index is 2180. The van der Waals surface area contributed by atoms with Crippen LogP contribution in [0.25, 0.3) is 33.1 Å². The van der Waals surface area contributed by atoms with Crippen LogP contribution in [0.1, 0.15) is 111 Å². The van der Waals surface area contributed by atoms with Gasteiger partial charge in [-0.25, -0.2) is 0 Å². The molecule has 1 atom stereocenters. The van der Waals surface area contributed by atoms with Gasteiger partial charge in [0.25, 0.3) is 0 Å². The Morgan fingerprint density at radius 1 is 0.500 bits per heavy atom. The number of benzene rings is 4. The van der Waals surface area contributed by atoms with E-state index in [1.165, 1.54) is 0 Å². The maximum absolute atomic E-state index is 12.0. The van der Waals surface area contributed by atoms with Crippen LogP contribution in [0.5, 0.6) is 28.7 Å². The molecule has 0 aliphatic heterocycles. The molecule has 1 aromatic heterocycles. The Morgan fingerprint density at radius 3 is 1.38 bits per heavy atom. The van der Waals surface area contributed by atoms with Gasteiger partial charge in [0.05, 0.1) is 21.3 Å². The van der Waals surface area contributed by atoms with E-state index in [-0.39, 0.29) is 22.0 Å². The monoisotopic (exact) mass is 728 g/mol. The molecule has 0 saturated carbocycles. The quantitative estimate of drug-likeness (QED) is 0.186. The predicted octanol–water partition coefficient (Wildman–Crippen LogP) is 13.0. The lowest BCUT2D eigenvalue weighted by Gasteiger charge is -2.27. The van der Waals surface area contributed by atoms with E-state index in [0.29, 0.717) is 39.5 Å². The molecule has 0 saturated heterocycles. The van der Waals surface area contributed by atoms with Crippen molar-refractivity contribution in [3.8, 4) is 39.9 Å². The number of ether oxygens (including phenoxy) is 3. The average molecular weight is 729 g/mol. The minimum absolute atomic E-state index is 0.144. The summed E-state index contributed by atoms with van der Waals surface area (Å²) in [5, 5.41) is 13.8. The summed E-state index contributed by atoms with van der Waals surface area (Å²) in [7, 11) is 2.84. The first-order valence-corrected chi connectivity index (χ1v) is 18.9. The maximum Gasteiger partial charge on any atom is 0.453 e. The fraction of sp³-hybridized carbons (Fsp3) is 0.455. The molecule has 0 spiro atoms. The number of aryl methyl sites for hydroxylation is 1. The lowest BCUT2D eigenvalue weighted by Crippen LogP contribution is -2.14. The Labute approximate surface area is 310 Å². The second-order valence-corrected chi connectivity index (χ2v) is 18.9. The third-order valence-corrected chi connectivity index (χ3v) is 10.5. The molecule has 52 heavy (non-hydrogen) atoms. The van der Waals surface area contributed by atoms with Crippen LogP contribution in [0.4, 0.5) is 0 Å². The maximum atomic E-state index is 12.0. The van der Waals surface area contributed by atoms with Crippen LogP contribution in [0.3, 0.4) is 0 Å². The molecule has 5 rings (SSSR count). The van der Waals surface area contributed by atoms with Gasteiger partial charge in [-0.2, -0.15) is 0 Å². The highest BCUT2D eigenvalue weighted by Crippen LogP contribution is 2.52. The summed E-state index contributed by atoms with van der Waals surface area (Å²) < 4.78 is 38.7. The third-order valence-electron chi connectivity index (χ3n) is 9.46. The molecule has 0 aliphatic rings. The molecule has 280 valence electrons. The van der Waals surface area contributed by atoms with E-state index in [4.69, 9.17) is 27.1 Å². The van der Waals surface area contributed by atoms with Gasteiger partial charge in [0.1, 0.15) is 39.9 Å². The van der Waals surface area contributed by atoms with Crippen molar-refractivity contribution in [3.05, 3.63) is 76.3 Å². The van der Waals surface area contributed by atoms with Crippen molar-refractivity contribution in [2.75, 3.05) is 21.3 Å². The van der Waals surface area contributed by atoms with E-state index in [1.807, 2.05) is 36.4 Å². The first-order valence-electron chi connectivity index (χ1n) is 17.8. The standard InChI is InChI=1S/C44H57O7P/c1-25-17-30-32-21-28(48-16)24-36(44(11,12)13)40(32)51-52(49-38(30)34(18-25)42(5,6)7)50-39-31(20-27(47-15)23-35(39)43(8,9)10)29-19-26(46-14)22-33(37(29)45)41(2,3)4/h17-24,45H,1-16H3. The number of methoxy groups -OCH3 is 3. The van der Waals surface area contributed by atoms with Gasteiger partial charge in [0.15, 0.2) is 0 Å². The van der Waals surface area contributed by atoms with Crippen molar-refractivity contribution in [1.82, 2.24) is 0 Å². The van der Waals surface area contributed by atoms with Crippen molar-refractivity contribution in [3.63, 3.8) is 0 Å². The third kappa shape index (κ3) is 7.62. The molecule has 7 nitrogen and oxygen atoms in total. The van der Waals surface area contributed by atoms with Crippen LogP contribution >= 0.6 is 8.24 Å². The van der Waals surface area contributed by atoms with E-state index >= 15 is 0 Å². The van der Waals surface area contributed by atoms with Crippen molar-refractivity contribution >= 4 is 30.2 Å². The van der Waals surface area contributed by atoms with E-state index in [9.17, 15) is 5.11 Å². The van der Waals surface area contributed by atoms with Crippen LogP contribution in [-0.2, 0) is 21.7 Å². The minimum Gasteiger partial charge on any atom is -0.507 e. The molecule has 1 unspecified atom stereocenters. The summed E-state index contributed by atoms with van der Waals surface area (Å²) in [5.41, 5.74) is 5.98. The largest absolute Gasteiger partial charge is 0.507 e. The van der Waals surface area contributed by atoms with Crippen LogP contribution < -0.4 is 18.7 Å². The zero-order valence-corrected chi connectivity index (χ0v) is 34.9. The SMILES string of the molecule is COc1cc(-c2cc(OC)cc(C(C)(C)C)c2Op2oc3c(C(C)(C)C)cc(C)cc3c3cc(OC)cc(C(C)(C)C)c3o2)c(O)c(C(C)(C)C)c1. The molecule has 0 fully saturated rings. The highest BCUT2D eigenvalue weighted by molar-refractivity contribution is 7.32. The van der Waals surface area contributed by atoms with Crippen molar-refractivity contribution in [2.45, 2.75) is 112 Å². The van der Waals surface area contributed by atoms with E-state index < -0.39 is 13.7 Å². The highest BCUT2D eigenvalue weighted by atomic mass is 31.1. The summed E-state index contributed by atoms with van der Waals surface area (Å²) in [6.45, 7) is 27.7. The van der Waals surface area contributed by atoms with E-state index in [2.05, 4.69) is 102 Å². The summed E-state index contributed by atoms with van der Waals surface area (Å²) in [6, 6.07) is 16.0. The summed E-state index contributed by atoms with van der Waals surface area (Å²) in [6.07, 6.45) is 0. The number of rotatable bonds is 6. The molecule has 0 radical (unpaired) electrons. The second-order valence-electron chi connectivity index (χ2n) is 17.9. The zero-order chi connectivity index (χ0) is 38.7. The molecule has 0 amide bonds. The van der Waals surface area contributed by atoms with Gasteiger partial charge < -0.3 is 32.2 Å². The van der Waals surface area contributed by atoms with Crippen molar-refractivity contribution < 1.29 is 32.2 Å². The fourth-order valence-corrected chi connectivity index (χ4v) is 7.71. The first kappa shape index (κ1) is 39.0. The van der Waals surface area contributed by atoms with E-state index in [1.54, 1.807) is 21.3 Å². The number of hydrogen-bond donors (Lipinski definition) is 1. The number of hydrogen-bond acceptors (Lipinski definition) is 7. The number of fused-ring (bicyclic) bond motifs is 3. The first-order chi connectivity index (χ1) is 24.0. The van der Waals surface area contributed by atoms with Crippen LogP contribution in [0.15, 0.2) is 56.9 Å². The van der Waals surface area contributed by atoms with Gasteiger partial charge in [-0.05, 0) is 76.6 Å². The smallest absolute Gasteiger partial charge is 0.453 e. The summed E-state index contributed by atoms with van der Waals surface area (Å²) in [5.74, 6) is 2.66. The van der Waals surface area contributed by atoms with Crippen LogP contribution in [-0.4, -0.2) is 26.4 Å². The van der Waals surface area contributed by atoms with E-state index in [0.717, 1.165) is 44.3 Å². The lowest BCUT2D eigenvalue weighted by atomic mass is 9.81. The molecule has 0 bridgehead atoms. The topological polar surface area (TPSA) is 83.4 Å². The number of phenolic OH excluding ortho intramolecular Hbond substituents is 1. The fourth-order valence-electron chi connectivity index (χ4n) is 6.56. The molecule has 8 heteroatoms. The Morgan fingerprint density at radius 2 is 0.904 bits per heavy atom. The normalized spacial score (nSPS) is 13.0. The Hall–Kier alpha value is -4.22. The lowest BCUT2D eigenvalue weighted by molar-refractivity contribution is 0.405. The van der Waals surface area contributed by atoms with Crippen LogP contribution in [0.2, 0.25) is 0 Å². The number of phenols is 1. The minimum atomic E-state index is -2.13. The van der Waals surface area contributed by atoms with Gasteiger partial charge in [-0.3, -0.25) is 0 Å². The van der Waals surface area contributed by atoms with Crippen LogP contribution in [0, 0.1) is 6.92 Å². The molecule has 4 aromatic carbocycles. The van der Waals surface area contributed by atoms with Gasteiger partial charge >= 0.3 is 8.24 Å². The van der Waals surface area contributed by atoms with Crippen molar-refractivity contribution in [2.24, 2.45) is 0 Å². The Balaban J connectivity index is 2.01. The second kappa shape index (κ2) is 13.6. The zero-order valence-electron chi connectivity index (χ0n) is 34.0. The molecule has 1 heterocycles. The molecule has 1 N–H and O–H groups in total. The van der Waals surface area contributed by atoms with Gasteiger partial charge in [-0.1, -0.05) is 89.2 Å². The highest BCUT2D eigenvalue weighted by Gasteiger charge is 2.31. The summed E-state index contributed by atoms with van der Waals surface area (Å²) in [4.78, 5) is 0. The van der Waals surface area contributed by atoms with Gasteiger partial charge in [-0.15, -0.1) is 0 Å². The van der Waals surface area contributed by atoms with Gasteiger partial charge in [0, 0.05) is 44.2 Å². The number of aromatic hydroxyl groups is 1. The predicted molar refractivity (Wildman–Crippen MR) is 215 cm³/mol. The Kier molecular flexibility index (Phi) is 10.2. The molecular formula is C44H57O7P. The van der Waals surface area contributed by atoms with Gasteiger partial charge in [0.2, 0.25) is 0 Å². The summed E-state index contributed by atoms with van der Waals surface area (Å²) >= 11 is 0. The molecular weight excluding hydrogens is 671 g/mol. The van der Waals surface area contributed by atoms with Crippen molar-refractivity contribution in [1.29, 1.82) is 0 Å². The molecule has 0 aliphatic carbocycles.